The number of rotatable bonds is 7. The number of aliphatic hydroxyl groups excluding tert-OH is 2. The third kappa shape index (κ3) is 7.15. The molecule has 4 atom stereocenters. The van der Waals surface area contributed by atoms with Gasteiger partial charge in [0.1, 0.15) is 0 Å². The van der Waals surface area contributed by atoms with E-state index in [0.717, 1.165) is 5.56 Å². The van der Waals surface area contributed by atoms with Crippen LogP contribution in [0.3, 0.4) is 0 Å². The number of halogens is 3. The fourth-order valence-electron chi connectivity index (χ4n) is 2.14. The molecule has 0 saturated carbocycles. The van der Waals surface area contributed by atoms with E-state index in [4.69, 9.17) is 28.2 Å². The van der Waals surface area contributed by atoms with Crippen LogP contribution in [0.25, 0.3) is 0 Å². The average Bonchev–Trinajstić information content (AvgIpc) is 2.43. The molecule has 4 nitrogen and oxygen atoms in total. The lowest BCUT2D eigenvalue weighted by atomic mass is 9.81. The fourth-order valence-corrected chi connectivity index (χ4v) is 2.27. The van der Waals surface area contributed by atoms with Gasteiger partial charge in [-0.2, -0.15) is 0 Å². The Labute approximate surface area is 143 Å². The second-order valence-corrected chi connectivity index (χ2v) is 5.51. The third-order valence-corrected chi connectivity index (χ3v) is 3.75. The molecule has 21 heavy (non-hydrogen) atoms. The van der Waals surface area contributed by atoms with Crippen LogP contribution < -0.4 is 11.5 Å². The summed E-state index contributed by atoms with van der Waals surface area (Å²) < 4.78 is 0. The third-order valence-electron chi connectivity index (χ3n) is 3.50. The predicted octanol–water partition coefficient (Wildman–Crippen LogP) is 1.93. The highest BCUT2D eigenvalue weighted by molar-refractivity contribution is 6.30. The number of aliphatic hydroxyl groups is 2. The van der Waals surface area contributed by atoms with E-state index in [0.29, 0.717) is 11.4 Å². The molecule has 0 aliphatic rings. The largest absolute Gasteiger partial charge is 0.396 e. The van der Waals surface area contributed by atoms with Crippen molar-refractivity contribution in [2.75, 3.05) is 13.2 Å². The van der Waals surface area contributed by atoms with Crippen LogP contribution in [0, 0.1) is 5.92 Å². The topological polar surface area (TPSA) is 92.5 Å². The van der Waals surface area contributed by atoms with Gasteiger partial charge in [-0.1, -0.05) is 30.7 Å². The van der Waals surface area contributed by atoms with Crippen LogP contribution in [0.1, 0.15) is 24.8 Å². The van der Waals surface area contributed by atoms with Gasteiger partial charge in [0.05, 0.1) is 6.61 Å². The van der Waals surface area contributed by atoms with Crippen LogP contribution in [0.2, 0.25) is 5.02 Å². The van der Waals surface area contributed by atoms with Gasteiger partial charge in [-0.05, 0) is 30.0 Å². The number of hydrogen-bond donors (Lipinski definition) is 4. The maximum Gasteiger partial charge on any atom is 0.0582 e. The standard InChI is InChI=1S/C14H23ClN2O2.2ClH/c1-9(7-18)14(17)13(6-12(16)8-19)10-2-4-11(15)5-3-10;;/h2-5,9,12-14,18-19H,6-8,16-17H2,1H3;2*1H. The molecule has 0 bridgehead atoms. The second-order valence-electron chi connectivity index (χ2n) is 5.07. The zero-order valence-corrected chi connectivity index (χ0v) is 14.4. The zero-order valence-electron chi connectivity index (χ0n) is 12.0. The number of hydrogen-bond acceptors (Lipinski definition) is 4. The molecule has 1 rings (SSSR count). The minimum Gasteiger partial charge on any atom is -0.396 e. The van der Waals surface area contributed by atoms with E-state index in [1.807, 2.05) is 31.2 Å². The molecular formula is C14H25Cl3N2O2. The minimum atomic E-state index is -0.322. The van der Waals surface area contributed by atoms with Gasteiger partial charge in [0, 0.05) is 29.6 Å². The van der Waals surface area contributed by atoms with Crippen LogP contribution >= 0.6 is 36.4 Å². The Morgan fingerprint density at radius 1 is 1.05 bits per heavy atom. The quantitative estimate of drug-likeness (QED) is 0.598. The van der Waals surface area contributed by atoms with E-state index in [1.54, 1.807) is 0 Å². The highest BCUT2D eigenvalue weighted by Crippen LogP contribution is 2.28. The average molecular weight is 360 g/mol. The van der Waals surface area contributed by atoms with E-state index in [9.17, 15) is 5.11 Å². The van der Waals surface area contributed by atoms with Crippen LogP contribution in [0.4, 0.5) is 0 Å². The Morgan fingerprint density at radius 2 is 1.57 bits per heavy atom. The molecule has 0 aliphatic carbocycles. The molecular weight excluding hydrogens is 335 g/mol. The highest BCUT2D eigenvalue weighted by atomic mass is 35.5. The summed E-state index contributed by atoms with van der Waals surface area (Å²) >= 11 is 5.88. The molecule has 0 fully saturated rings. The lowest BCUT2D eigenvalue weighted by Gasteiger charge is -2.30. The second kappa shape index (κ2) is 11.5. The summed E-state index contributed by atoms with van der Waals surface area (Å²) in [6.45, 7) is 1.85. The van der Waals surface area contributed by atoms with Crippen LogP contribution in [0.15, 0.2) is 24.3 Å². The Hall–Kier alpha value is -0.0700. The first-order chi connectivity index (χ1) is 8.99. The number of benzene rings is 1. The summed E-state index contributed by atoms with van der Waals surface area (Å²) in [5.41, 5.74) is 13.1. The first-order valence-corrected chi connectivity index (χ1v) is 6.85. The predicted molar refractivity (Wildman–Crippen MR) is 92.6 cm³/mol. The molecule has 1 aromatic carbocycles. The maximum absolute atomic E-state index is 9.25. The maximum atomic E-state index is 9.25. The van der Waals surface area contributed by atoms with Crippen molar-refractivity contribution in [1.82, 2.24) is 0 Å². The van der Waals surface area contributed by atoms with Gasteiger partial charge in [0.15, 0.2) is 0 Å². The van der Waals surface area contributed by atoms with Crippen molar-refractivity contribution >= 4 is 36.4 Å². The number of nitrogens with two attached hydrogens (primary N) is 2. The summed E-state index contributed by atoms with van der Waals surface area (Å²) in [4.78, 5) is 0. The molecule has 124 valence electrons. The lowest BCUT2D eigenvalue weighted by Crippen LogP contribution is -2.40. The Morgan fingerprint density at radius 3 is 2.00 bits per heavy atom. The molecule has 7 heteroatoms. The van der Waals surface area contributed by atoms with Gasteiger partial charge in [-0.3, -0.25) is 0 Å². The van der Waals surface area contributed by atoms with Gasteiger partial charge in [0.2, 0.25) is 0 Å². The van der Waals surface area contributed by atoms with Gasteiger partial charge >= 0.3 is 0 Å². The van der Waals surface area contributed by atoms with E-state index in [-0.39, 0.29) is 61.9 Å². The highest BCUT2D eigenvalue weighted by Gasteiger charge is 2.26. The van der Waals surface area contributed by atoms with Crippen molar-refractivity contribution in [3.8, 4) is 0 Å². The molecule has 0 saturated heterocycles. The van der Waals surface area contributed by atoms with Crippen molar-refractivity contribution in [2.45, 2.75) is 31.3 Å². The van der Waals surface area contributed by atoms with Crippen molar-refractivity contribution in [2.24, 2.45) is 17.4 Å². The summed E-state index contributed by atoms with van der Waals surface area (Å²) in [7, 11) is 0. The van der Waals surface area contributed by atoms with Crippen molar-refractivity contribution in [1.29, 1.82) is 0 Å². The fraction of sp³-hybridized carbons (Fsp3) is 0.571. The normalized spacial score (nSPS) is 16.1. The SMILES string of the molecule is CC(CO)C(N)C(CC(N)CO)c1ccc(Cl)cc1.Cl.Cl. The Balaban J connectivity index is 0. The summed E-state index contributed by atoms with van der Waals surface area (Å²) in [5.74, 6) is -0.0480. The smallest absolute Gasteiger partial charge is 0.0582 e. The molecule has 4 unspecified atom stereocenters. The first kappa shape index (κ1) is 23.2. The van der Waals surface area contributed by atoms with E-state index in [1.165, 1.54) is 0 Å². The monoisotopic (exact) mass is 358 g/mol. The van der Waals surface area contributed by atoms with Crippen LogP contribution in [-0.2, 0) is 0 Å². The molecule has 0 amide bonds. The lowest BCUT2D eigenvalue weighted by molar-refractivity contribution is 0.194. The first-order valence-electron chi connectivity index (χ1n) is 6.48. The molecule has 1 aromatic rings. The summed E-state index contributed by atoms with van der Waals surface area (Å²) in [6.07, 6.45) is 0.573. The van der Waals surface area contributed by atoms with E-state index >= 15 is 0 Å². The Bertz CT molecular complexity index is 379. The van der Waals surface area contributed by atoms with Gasteiger partial charge in [-0.15, -0.1) is 24.8 Å². The van der Waals surface area contributed by atoms with Crippen molar-refractivity contribution < 1.29 is 10.2 Å². The van der Waals surface area contributed by atoms with Crippen molar-refractivity contribution in [3.05, 3.63) is 34.9 Å². The molecule has 0 spiro atoms. The van der Waals surface area contributed by atoms with Crippen LogP contribution in [-0.4, -0.2) is 35.5 Å². The van der Waals surface area contributed by atoms with E-state index in [2.05, 4.69) is 0 Å². The molecule has 0 aromatic heterocycles. The summed E-state index contributed by atoms with van der Waals surface area (Å²) in [6, 6.07) is 6.92. The molecule has 0 heterocycles. The van der Waals surface area contributed by atoms with Gasteiger partial charge < -0.3 is 21.7 Å². The zero-order chi connectivity index (χ0) is 14.4. The van der Waals surface area contributed by atoms with Gasteiger partial charge in [0.25, 0.3) is 0 Å². The van der Waals surface area contributed by atoms with Crippen molar-refractivity contribution in [3.63, 3.8) is 0 Å². The molecule has 0 radical (unpaired) electrons. The van der Waals surface area contributed by atoms with E-state index < -0.39 is 0 Å². The van der Waals surface area contributed by atoms with Crippen LogP contribution in [0.5, 0.6) is 0 Å². The minimum absolute atomic E-state index is 0. The van der Waals surface area contributed by atoms with Gasteiger partial charge in [-0.25, -0.2) is 0 Å². The molecule has 6 N–H and O–H groups in total. The molecule has 0 aliphatic heterocycles. The summed E-state index contributed by atoms with van der Waals surface area (Å²) in [5, 5.41) is 19.0. The Kier molecular flexibility index (Phi) is 12.7.